The second kappa shape index (κ2) is 5.57. The summed E-state index contributed by atoms with van der Waals surface area (Å²) < 4.78 is 2.51. The predicted octanol–water partition coefficient (Wildman–Crippen LogP) is 3.97. The summed E-state index contributed by atoms with van der Waals surface area (Å²) in [5.41, 5.74) is 0.424. The summed E-state index contributed by atoms with van der Waals surface area (Å²) in [6, 6.07) is 8.52. The van der Waals surface area contributed by atoms with Crippen molar-refractivity contribution in [3.8, 4) is 0 Å². The molecule has 0 saturated carbocycles. The van der Waals surface area contributed by atoms with Gasteiger partial charge < -0.3 is 4.74 Å². The second-order valence-corrected chi connectivity index (χ2v) is 6.13. The zero-order valence-electron chi connectivity index (χ0n) is 7.29. The summed E-state index contributed by atoms with van der Waals surface area (Å²) in [6.45, 7) is 0. The molecule has 0 aliphatic heterocycles. The Labute approximate surface area is 116 Å². The maximum atomic E-state index is 11.5. The molecule has 0 amide bonds. The van der Waals surface area contributed by atoms with Gasteiger partial charge in [0.2, 0.25) is 3.79 Å². The number of rotatable bonds is 2. The fraction of sp³-hybridized carbons (Fsp3) is 0.222. The van der Waals surface area contributed by atoms with E-state index in [-0.39, 0.29) is 0 Å². The molecule has 0 bridgehead atoms. The molecular weight excluding hydrogens is 373 g/mol. The van der Waals surface area contributed by atoms with Crippen molar-refractivity contribution in [2.24, 2.45) is 0 Å². The number of ether oxygens (including phenoxy) is 1. The van der Waals surface area contributed by atoms with Gasteiger partial charge in [0.25, 0.3) is 0 Å². The summed E-state index contributed by atoms with van der Waals surface area (Å²) >= 11 is 18.4. The van der Waals surface area contributed by atoms with Gasteiger partial charge in [-0.3, -0.25) is 0 Å². The molecule has 1 aromatic rings. The van der Waals surface area contributed by atoms with Crippen LogP contribution in [-0.2, 0) is 4.74 Å². The number of halogens is 4. The van der Waals surface area contributed by atoms with E-state index in [1.54, 1.807) is 52.9 Å². The molecule has 1 rings (SSSR count). The van der Waals surface area contributed by atoms with E-state index in [9.17, 15) is 4.79 Å². The fourth-order valence-corrected chi connectivity index (χ4v) is 1.17. The van der Waals surface area contributed by atoms with Gasteiger partial charge in [-0.2, -0.15) is 0 Å². The third kappa shape index (κ3) is 4.34. The molecular formula is C9H6Cl3IO2. The van der Waals surface area contributed by atoms with Crippen LogP contribution in [0.4, 0.5) is 0 Å². The summed E-state index contributed by atoms with van der Waals surface area (Å²) in [4.78, 5) is 11.5. The number of alkyl halides is 4. The van der Waals surface area contributed by atoms with Gasteiger partial charge in [0.1, 0.15) is 0 Å². The first-order valence-corrected chi connectivity index (χ1v) is 6.26. The Bertz CT molecular complexity index is 337. The molecule has 0 fully saturated rings. The van der Waals surface area contributed by atoms with Crippen molar-refractivity contribution in [1.82, 2.24) is 0 Å². The van der Waals surface area contributed by atoms with Gasteiger partial charge in [-0.1, -0.05) is 53.0 Å². The van der Waals surface area contributed by atoms with E-state index in [4.69, 9.17) is 39.5 Å². The zero-order valence-corrected chi connectivity index (χ0v) is 11.7. The van der Waals surface area contributed by atoms with E-state index in [0.29, 0.717) is 5.56 Å². The zero-order chi connectivity index (χ0) is 11.5. The Morgan fingerprint density at radius 1 is 1.27 bits per heavy atom. The van der Waals surface area contributed by atoms with Crippen molar-refractivity contribution < 1.29 is 9.53 Å². The quantitative estimate of drug-likeness (QED) is 0.442. The number of hydrogen-bond acceptors (Lipinski definition) is 2. The maximum absolute atomic E-state index is 11.5. The lowest BCUT2D eigenvalue weighted by Crippen LogP contribution is -2.25. The van der Waals surface area contributed by atoms with Gasteiger partial charge in [-0.15, -0.1) is 0 Å². The first-order chi connectivity index (χ1) is 6.91. The summed E-state index contributed by atoms with van der Waals surface area (Å²) in [7, 11) is 0. The van der Waals surface area contributed by atoms with E-state index in [1.807, 2.05) is 0 Å². The van der Waals surface area contributed by atoms with E-state index in [2.05, 4.69) is 0 Å². The van der Waals surface area contributed by atoms with Crippen LogP contribution in [0.3, 0.4) is 0 Å². The lowest BCUT2D eigenvalue weighted by molar-refractivity contribution is 0.0486. The van der Waals surface area contributed by atoms with E-state index < -0.39 is 13.9 Å². The Balaban J connectivity index is 2.65. The minimum Gasteiger partial charge on any atom is -0.443 e. The minimum absolute atomic E-state index is 0.424. The van der Waals surface area contributed by atoms with Crippen LogP contribution in [0.1, 0.15) is 10.4 Å². The molecule has 0 aliphatic carbocycles. The molecule has 0 spiro atoms. The van der Waals surface area contributed by atoms with Crippen molar-refractivity contribution >= 4 is 63.4 Å². The van der Waals surface area contributed by atoms with Gasteiger partial charge in [0.15, 0.2) is 4.11 Å². The average Bonchev–Trinajstić information content (AvgIpc) is 2.17. The molecule has 1 atom stereocenters. The number of hydrogen-bond donors (Lipinski definition) is 0. The number of carbonyl (C=O) groups is 1. The molecule has 0 heterocycles. The van der Waals surface area contributed by atoms with Crippen LogP contribution in [0, 0.1) is 0 Å². The molecule has 6 heteroatoms. The molecule has 1 aromatic carbocycles. The minimum atomic E-state index is -1.62. The molecule has 0 aliphatic rings. The standard InChI is InChI=1S/C9H6Cl3IO2/c10-9(11,12)8(13)15-7(14)6-4-2-1-3-5-6/h1-5,8H. The highest BCUT2D eigenvalue weighted by Gasteiger charge is 2.33. The largest absolute Gasteiger partial charge is 0.443 e. The Hall–Kier alpha value is 0.290. The van der Waals surface area contributed by atoms with Crippen LogP contribution in [0.2, 0.25) is 0 Å². The van der Waals surface area contributed by atoms with Gasteiger partial charge in [-0.05, 0) is 34.7 Å². The van der Waals surface area contributed by atoms with Crippen molar-refractivity contribution in [2.45, 2.75) is 7.90 Å². The number of benzene rings is 1. The third-order valence-electron chi connectivity index (χ3n) is 1.48. The Morgan fingerprint density at radius 2 is 1.80 bits per heavy atom. The van der Waals surface area contributed by atoms with Crippen LogP contribution in [0.15, 0.2) is 30.3 Å². The van der Waals surface area contributed by atoms with Gasteiger partial charge in [0, 0.05) is 0 Å². The normalized spacial score (nSPS) is 13.3. The Morgan fingerprint density at radius 3 is 2.27 bits per heavy atom. The van der Waals surface area contributed by atoms with Crippen molar-refractivity contribution in [3.05, 3.63) is 35.9 Å². The Kier molecular flexibility index (Phi) is 4.96. The highest BCUT2D eigenvalue weighted by molar-refractivity contribution is 14.1. The lowest BCUT2D eigenvalue weighted by Gasteiger charge is -2.18. The van der Waals surface area contributed by atoms with E-state index in [0.717, 1.165) is 0 Å². The molecule has 2 nitrogen and oxygen atoms in total. The van der Waals surface area contributed by atoms with Gasteiger partial charge in [-0.25, -0.2) is 4.79 Å². The summed E-state index contributed by atoms with van der Waals surface area (Å²) in [5.74, 6) is -0.513. The molecule has 0 aromatic heterocycles. The van der Waals surface area contributed by atoms with E-state index in [1.165, 1.54) is 0 Å². The van der Waals surface area contributed by atoms with Crippen LogP contribution >= 0.6 is 57.4 Å². The lowest BCUT2D eigenvalue weighted by atomic mass is 10.2. The highest BCUT2D eigenvalue weighted by Crippen LogP contribution is 2.36. The first-order valence-electron chi connectivity index (χ1n) is 3.88. The molecule has 1 unspecified atom stereocenters. The SMILES string of the molecule is O=C(OC(I)C(Cl)(Cl)Cl)c1ccccc1. The van der Waals surface area contributed by atoms with E-state index >= 15 is 0 Å². The fourth-order valence-electron chi connectivity index (χ4n) is 0.803. The third-order valence-corrected chi connectivity index (χ3v) is 4.36. The van der Waals surface area contributed by atoms with Crippen molar-refractivity contribution in [1.29, 1.82) is 0 Å². The first kappa shape index (κ1) is 13.4. The van der Waals surface area contributed by atoms with Crippen LogP contribution < -0.4 is 0 Å². The second-order valence-electron chi connectivity index (χ2n) is 2.63. The average molecular weight is 379 g/mol. The maximum Gasteiger partial charge on any atom is 0.339 e. The van der Waals surface area contributed by atoms with Crippen LogP contribution in [0.25, 0.3) is 0 Å². The van der Waals surface area contributed by atoms with Crippen LogP contribution in [-0.4, -0.2) is 13.9 Å². The van der Waals surface area contributed by atoms with Gasteiger partial charge >= 0.3 is 5.97 Å². The van der Waals surface area contributed by atoms with Crippen molar-refractivity contribution in [2.75, 3.05) is 0 Å². The monoisotopic (exact) mass is 378 g/mol. The van der Waals surface area contributed by atoms with Crippen LogP contribution in [0.5, 0.6) is 0 Å². The van der Waals surface area contributed by atoms with Gasteiger partial charge in [0.05, 0.1) is 5.56 Å². The summed E-state index contributed by atoms with van der Waals surface area (Å²) in [6.07, 6.45) is 0. The molecule has 0 saturated heterocycles. The molecule has 0 radical (unpaired) electrons. The molecule has 82 valence electrons. The number of carbonyl (C=O) groups excluding carboxylic acids is 1. The van der Waals surface area contributed by atoms with Crippen molar-refractivity contribution in [3.63, 3.8) is 0 Å². The smallest absolute Gasteiger partial charge is 0.339 e. The number of esters is 1. The molecule has 0 N–H and O–H groups in total. The topological polar surface area (TPSA) is 26.3 Å². The molecule has 15 heavy (non-hydrogen) atoms. The summed E-state index contributed by atoms with van der Waals surface area (Å²) in [5, 5.41) is 0. The highest BCUT2D eigenvalue weighted by atomic mass is 127. The predicted molar refractivity (Wildman–Crippen MR) is 70.0 cm³/mol.